The number of rotatable bonds is 7. The number of benzene rings is 2. The first-order chi connectivity index (χ1) is 17.4. The molecule has 2 saturated heterocycles. The summed E-state index contributed by atoms with van der Waals surface area (Å²) in [6.45, 7) is 7.36. The summed E-state index contributed by atoms with van der Waals surface area (Å²) in [7, 11) is 0. The summed E-state index contributed by atoms with van der Waals surface area (Å²) in [5.41, 5.74) is 2.29. The Kier molecular flexibility index (Phi) is 6.93. The predicted molar refractivity (Wildman–Crippen MR) is 132 cm³/mol. The maximum Gasteiger partial charge on any atom is 0.219 e. The molecule has 0 unspecified atom stereocenters. The molecule has 0 saturated carbocycles. The van der Waals surface area contributed by atoms with E-state index in [1.54, 1.807) is 31.7 Å². The van der Waals surface area contributed by atoms with Crippen molar-refractivity contribution < 1.29 is 23.4 Å². The van der Waals surface area contributed by atoms with E-state index >= 15 is 0 Å². The highest BCUT2D eigenvalue weighted by Gasteiger charge is 2.45. The van der Waals surface area contributed by atoms with E-state index in [-0.39, 0.29) is 37.6 Å². The molecule has 2 aromatic carbocycles. The van der Waals surface area contributed by atoms with E-state index in [9.17, 15) is 9.18 Å². The van der Waals surface area contributed by atoms with Crippen LogP contribution in [0.15, 0.2) is 61.2 Å². The van der Waals surface area contributed by atoms with Crippen LogP contribution in [0, 0.1) is 12.7 Å². The standard InChI is InChI=1S/C27H31FN4O4/c1-20-3-8-25(26(28)15-20)27(18-30-10-9-29-19-30)35-17-24(36-27)16-34-23-6-4-22(5-7-23)32-13-11-31(12-14-32)21(2)33/h3-10,15,19,24H,11-14,16-18H2,1-2H3/t24-,27-/m0/s1. The topological polar surface area (TPSA) is 69.1 Å². The zero-order valence-corrected chi connectivity index (χ0v) is 20.6. The second-order valence-corrected chi connectivity index (χ2v) is 9.32. The van der Waals surface area contributed by atoms with E-state index in [0.29, 0.717) is 5.56 Å². The van der Waals surface area contributed by atoms with E-state index in [1.807, 2.05) is 46.7 Å². The van der Waals surface area contributed by atoms with E-state index in [1.165, 1.54) is 6.07 Å². The van der Waals surface area contributed by atoms with Gasteiger partial charge in [0, 0.05) is 56.7 Å². The predicted octanol–water partition coefficient (Wildman–Crippen LogP) is 3.35. The average Bonchev–Trinajstić information content (AvgIpc) is 3.54. The maximum absolute atomic E-state index is 15.0. The molecule has 3 heterocycles. The minimum atomic E-state index is -1.27. The summed E-state index contributed by atoms with van der Waals surface area (Å²) in [5, 5.41) is 0. The number of ether oxygens (including phenoxy) is 3. The van der Waals surface area contributed by atoms with Gasteiger partial charge in [-0.25, -0.2) is 9.37 Å². The van der Waals surface area contributed by atoms with E-state index in [4.69, 9.17) is 14.2 Å². The Morgan fingerprint density at radius 2 is 1.94 bits per heavy atom. The van der Waals surface area contributed by atoms with Crippen LogP contribution in [0.2, 0.25) is 0 Å². The molecule has 1 amide bonds. The van der Waals surface area contributed by atoms with Crippen LogP contribution < -0.4 is 9.64 Å². The number of anilines is 1. The normalized spacial score (nSPS) is 22.1. The Hall–Kier alpha value is -3.43. The van der Waals surface area contributed by atoms with E-state index in [2.05, 4.69) is 9.88 Å². The van der Waals surface area contributed by atoms with Gasteiger partial charge in [0.1, 0.15) is 24.3 Å². The number of carbonyl (C=O) groups is 1. The van der Waals surface area contributed by atoms with Crippen LogP contribution in [0.25, 0.3) is 0 Å². The molecular weight excluding hydrogens is 463 g/mol. The van der Waals surface area contributed by atoms with Gasteiger partial charge in [-0.2, -0.15) is 0 Å². The highest BCUT2D eigenvalue weighted by atomic mass is 19.1. The lowest BCUT2D eigenvalue weighted by Crippen LogP contribution is -2.48. The minimum absolute atomic E-state index is 0.121. The number of hydrogen-bond acceptors (Lipinski definition) is 6. The molecule has 0 N–H and O–H groups in total. The largest absolute Gasteiger partial charge is 0.491 e. The molecule has 2 aliphatic heterocycles. The molecular formula is C27H31FN4O4. The van der Waals surface area contributed by atoms with Gasteiger partial charge in [-0.3, -0.25) is 4.79 Å². The summed E-state index contributed by atoms with van der Waals surface area (Å²) in [6.07, 6.45) is 4.76. The van der Waals surface area contributed by atoms with Gasteiger partial charge >= 0.3 is 0 Å². The number of aryl methyl sites for hydroxylation is 1. The van der Waals surface area contributed by atoms with Crippen LogP contribution in [0.5, 0.6) is 5.75 Å². The maximum atomic E-state index is 15.0. The molecule has 0 spiro atoms. The summed E-state index contributed by atoms with van der Waals surface area (Å²) >= 11 is 0. The second kappa shape index (κ2) is 10.3. The van der Waals surface area contributed by atoms with Crippen molar-refractivity contribution in [2.24, 2.45) is 0 Å². The van der Waals surface area contributed by atoms with Crippen molar-refractivity contribution in [2.45, 2.75) is 32.3 Å². The molecule has 9 heteroatoms. The second-order valence-electron chi connectivity index (χ2n) is 9.32. The van der Waals surface area contributed by atoms with Crippen LogP contribution in [0.4, 0.5) is 10.1 Å². The van der Waals surface area contributed by atoms with Crippen molar-refractivity contribution in [3.05, 3.63) is 78.1 Å². The smallest absolute Gasteiger partial charge is 0.219 e. The number of hydrogen-bond donors (Lipinski definition) is 0. The Morgan fingerprint density at radius 3 is 2.61 bits per heavy atom. The van der Waals surface area contributed by atoms with Crippen LogP contribution in [-0.4, -0.2) is 65.9 Å². The Bertz CT molecular complexity index is 1180. The molecule has 36 heavy (non-hydrogen) atoms. The zero-order valence-electron chi connectivity index (χ0n) is 20.6. The number of carbonyl (C=O) groups excluding carboxylic acids is 1. The Morgan fingerprint density at radius 1 is 1.17 bits per heavy atom. The molecule has 2 fully saturated rings. The van der Waals surface area contributed by atoms with Gasteiger partial charge in [0.15, 0.2) is 0 Å². The summed E-state index contributed by atoms with van der Waals surface area (Å²) in [6, 6.07) is 13.0. The number of amides is 1. The molecule has 190 valence electrons. The van der Waals surface area contributed by atoms with Gasteiger partial charge in [0.05, 0.1) is 19.5 Å². The van der Waals surface area contributed by atoms with Gasteiger partial charge in [-0.05, 0) is 42.8 Å². The Labute approximate surface area is 210 Å². The van der Waals surface area contributed by atoms with Gasteiger partial charge in [0.25, 0.3) is 0 Å². The molecule has 2 aliphatic rings. The zero-order chi connectivity index (χ0) is 25.1. The highest BCUT2D eigenvalue weighted by molar-refractivity contribution is 5.73. The lowest BCUT2D eigenvalue weighted by Gasteiger charge is -2.35. The van der Waals surface area contributed by atoms with Crippen LogP contribution in [0.1, 0.15) is 18.1 Å². The van der Waals surface area contributed by atoms with Crippen molar-refractivity contribution in [1.29, 1.82) is 0 Å². The number of piperazine rings is 1. The van der Waals surface area contributed by atoms with Crippen LogP contribution in [0.3, 0.4) is 0 Å². The van der Waals surface area contributed by atoms with Crippen molar-refractivity contribution >= 4 is 11.6 Å². The first-order valence-corrected chi connectivity index (χ1v) is 12.2. The molecule has 5 rings (SSSR count). The Balaban J connectivity index is 1.22. The highest BCUT2D eigenvalue weighted by Crippen LogP contribution is 2.38. The molecule has 0 aliphatic carbocycles. The average molecular weight is 495 g/mol. The van der Waals surface area contributed by atoms with Gasteiger partial charge in [-0.15, -0.1) is 0 Å². The number of aromatic nitrogens is 2. The van der Waals surface area contributed by atoms with Gasteiger partial charge in [0.2, 0.25) is 11.7 Å². The van der Waals surface area contributed by atoms with Crippen molar-refractivity contribution in [3.63, 3.8) is 0 Å². The first-order valence-electron chi connectivity index (χ1n) is 12.2. The minimum Gasteiger partial charge on any atom is -0.491 e. The van der Waals surface area contributed by atoms with E-state index in [0.717, 1.165) is 43.2 Å². The van der Waals surface area contributed by atoms with E-state index < -0.39 is 5.79 Å². The lowest BCUT2D eigenvalue weighted by molar-refractivity contribution is -0.191. The van der Waals surface area contributed by atoms with Crippen LogP contribution in [-0.2, 0) is 26.6 Å². The van der Waals surface area contributed by atoms with Crippen molar-refractivity contribution in [3.8, 4) is 5.75 Å². The number of nitrogens with zero attached hydrogens (tertiary/aromatic N) is 4. The monoisotopic (exact) mass is 494 g/mol. The molecule has 3 aromatic rings. The summed E-state index contributed by atoms with van der Waals surface area (Å²) in [4.78, 5) is 19.8. The molecule has 2 atom stereocenters. The lowest BCUT2D eigenvalue weighted by atomic mass is 10.0. The van der Waals surface area contributed by atoms with Gasteiger partial charge < -0.3 is 28.6 Å². The fourth-order valence-electron chi connectivity index (χ4n) is 4.73. The molecule has 0 bridgehead atoms. The summed E-state index contributed by atoms with van der Waals surface area (Å²) < 4.78 is 35.2. The third kappa shape index (κ3) is 5.22. The molecule has 1 aromatic heterocycles. The van der Waals surface area contributed by atoms with Crippen LogP contribution >= 0.6 is 0 Å². The van der Waals surface area contributed by atoms with Gasteiger partial charge in [-0.1, -0.05) is 12.1 Å². The fourth-order valence-corrected chi connectivity index (χ4v) is 4.73. The number of imidazole rings is 1. The fraction of sp³-hybridized carbons (Fsp3) is 0.407. The SMILES string of the molecule is CC(=O)N1CCN(c2ccc(OC[C@H]3CO[C@](Cn4ccnc4)(c4ccc(C)cc4F)O3)cc2)CC1. The van der Waals surface area contributed by atoms with Crippen molar-refractivity contribution in [2.75, 3.05) is 44.3 Å². The number of halogens is 1. The molecule has 0 radical (unpaired) electrons. The third-order valence-electron chi connectivity index (χ3n) is 6.71. The quantitative estimate of drug-likeness (QED) is 0.502. The molecule has 8 nitrogen and oxygen atoms in total. The summed E-state index contributed by atoms with van der Waals surface area (Å²) in [5.74, 6) is -0.788. The van der Waals surface area contributed by atoms with Crippen molar-refractivity contribution in [1.82, 2.24) is 14.5 Å². The first kappa shape index (κ1) is 24.3. The third-order valence-corrected chi connectivity index (χ3v) is 6.71.